The fraction of sp³-hybridized carbons (Fsp3) is 0.238. The number of ether oxygens (including phenoxy) is 1. The van der Waals surface area contributed by atoms with Crippen LogP contribution >= 0.6 is 0 Å². The molecule has 5 heterocycles. The van der Waals surface area contributed by atoms with Crippen LogP contribution in [-0.2, 0) is 9.53 Å². The number of hydrogen-bond donors (Lipinski definition) is 2. The van der Waals surface area contributed by atoms with Gasteiger partial charge in [0, 0.05) is 35.4 Å². The Hall–Kier alpha value is -3.52. The average Bonchev–Trinajstić information content (AvgIpc) is 3.23. The largest absolute Gasteiger partial charge is 0.377 e. The van der Waals surface area contributed by atoms with Gasteiger partial charge in [-0.15, -0.1) is 0 Å². The van der Waals surface area contributed by atoms with Gasteiger partial charge in [-0.1, -0.05) is 0 Å². The zero-order valence-electron chi connectivity index (χ0n) is 16.1. The normalized spacial score (nSPS) is 17.5. The van der Waals surface area contributed by atoms with E-state index < -0.39 is 0 Å². The molecule has 2 aliphatic rings. The van der Waals surface area contributed by atoms with E-state index in [1.54, 1.807) is 24.8 Å². The van der Waals surface area contributed by atoms with E-state index in [0.717, 1.165) is 33.8 Å². The predicted molar refractivity (Wildman–Crippen MR) is 109 cm³/mol. The van der Waals surface area contributed by atoms with Gasteiger partial charge in [0.05, 0.1) is 54.3 Å². The van der Waals surface area contributed by atoms with Gasteiger partial charge >= 0.3 is 0 Å². The second-order valence-corrected chi connectivity index (χ2v) is 7.29. The second-order valence-electron chi connectivity index (χ2n) is 7.29. The molecule has 8 nitrogen and oxygen atoms in total. The average molecular weight is 388 g/mol. The molecule has 0 spiro atoms. The van der Waals surface area contributed by atoms with E-state index in [2.05, 4.69) is 25.7 Å². The minimum atomic E-state index is -0.147. The van der Waals surface area contributed by atoms with Crippen LogP contribution in [0.1, 0.15) is 24.1 Å². The molecule has 1 fully saturated rings. The molecule has 0 aliphatic carbocycles. The first-order valence-electron chi connectivity index (χ1n) is 9.42. The highest BCUT2D eigenvalue weighted by Crippen LogP contribution is 2.36. The number of allylic oxidation sites excluding steroid dienone is 1. The van der Waals surface area contributed by atoms with E-state index in [0.29, 0.717) is 24.5 Å². The Kier molecular flexibility index (Phi) is 4.13. The summed E-state index contributed by atoms with van der Waals surface area (Å²) in [6.07, 6.45) is 8.94. The molecule has 5 rings (SSSR count). The number of carbonyl (C=O) groups excluding carboxylic acids is 1. The molecule has 2 N–H and O–H groups in total. The van der Waals surface area contributed by atoms with Crippen LogP contribution in [0.5, 0.6) is 0 Å². The van der Waals surface area contributed by atoms with Crippen molar-refractivity contribution >= 4 is 22.9 Å². The standard InChI is InChI=1S/C21H20N6O2/c1-12-3-4-22-7-17(12)18-5-16-19(8-23-18)26-21(28)20(16)13(2)25-14-6-24-27(9-14)15-10-29-11-15/h3-9,15,25H,10-11H2,1-2H3,(H,26,28)/b20-13-. The van der Waals surface area contributed by atoms with Gasteiger partial charge in [0.1, 0.15) is 0 Å². The van der Waals surface area contributed by atoms with Crippen molar-refractivity contribution in [1.82, 2.24) is 19.7 Å². The molecule has 2 aliphatic heterocycles. The van der Waals surface area contributed by atoms with Crippen LogP contribution in [0.3, 0.4) is 0 Å². The van der Waals surface area contributed by atoms with Gasteiger partial charge in [-0.05, 0) is 31.5 Å². The second kappa shape index (κ2) is 6.82. The Bertz CT molecular complexity index is 1150. The molecular weight excluding hydrogens is 368 g/mol. The molecule has 146 valence electrons. The van der Waals surface area contributed by atoms with E-state index in [-0.39, 0.29) is 11.9 Å². The van der Waals surface area contributed by atoms with Crippen molar-refractivity contribution in [2.75, 3.05) is 23.8 Å². The first kappa shape index (κ1) is 17.6. The summed E-state index contributed by atoms with van der Waals surface area (Å²) < 4.78 is 7.10. The Morgan fingerprint density at radius 1 is 1.28 bits per heavy atom. The topological polar surface area (TPSA) is 94.0 Å². The first-order chi connectivity index (χ1) is 14.1. The van der Waals surface area contributed by atoms with Gasteiger partial charge < -0.3 is 15.4 Å². The molecule has 0 unspecified atom stereocenters. The maximum atomic E-state index is 12.7. The van der Waals surface area contributed by atoms with Crippen molar-refractivity contribution in [3.8, 4) is 11.3 Å². The number of nitrogens with zero attached hydrogens (tertiary/aromatic N) is 4. The summed E-state index contributed by atoms with van der Waals surface area (Å²) in [5.74, 6) is -0.147. The number of rotatable bonds is 4. The molecule has 3 aromatic rings. The number of nitrogens with one attached hydrogen (secondary N) is 2. The predicted octanol–water partition coefficient (Wildman–Crippen LogP) is 3.02. The third-order valence-electron chi connectivity index (χ3n) is 5.27. The summed E-state index contributed by atoms with van der Waals surface area (Å²) in [5.41, 5.74) is 6.54. The van der Waals surface area contributed by atoms with E-state index in [1.165, 1.54) is 0 Å². The SMILES string of the molecule is C/C(Nc1cnn(C2COC2)c1)=C1/C(=O)Nc2cnc(-c3cnccc3C)cc21. The zero-order chi connectivity index (χ0) is 20.0. The number of aromatic nitrogens is 4. The molecule has 29 heavy (non-hydrogen) atoms. The third-order valence-corrected chi connectivity index (χ3v) is 5.27. The van der Waals surface area contributed by atoms with E-state index >= 15 is 0 Å². The summed E-state index contributed by atoms with van der Waals surface area (Å²) in [6.45, 7) is 5.27. The smallest absolute Gasteiger partial charge is 0.258 e. The fourth-order valence-electron chi connectivity index (χ4n) is 3.58. The van der Waals surface area contributed by atoms with E-state index in [9.17, 15) is 4.79 Å². The number of amides is 1. The fourth-order valence-corrected chi connectivity index (χ4v) is 3.58. The highest BCUT2D eigenvalue weighted by atomic mass is 16.5. The molecule has 0 bridgehead atoms. The Morgan fingerprint density at radius 3 is 2.90 bits per heavy atom. The number of hydrogen-bond acceptors (Lipinski definition) is 6. The van der Waals surface area contributed by atoms with Gasteiger partial charge in [0.25, 0.3) is 5.91 Å². The van der Waals surface area contributed by atoms with Gasteiger partial charge in [0.15, 0.2) is 0 Å². The van der Waals surface area contributed by atoms with Gasteiger partial charge in [-0.25, -0.2) is 0 Å². The van der Waals surface area contributed by atoms with Gasteiger partial charge in [0.2, 0.25) is 0 Å². The lowest BCUT2D eigenvalue weighted by Crippen LogP contribution is -2.30. The Labute approximate surface area is 167 Å². The van der Waals surface area contributed by atoms with Crippen molar-refractivity contribution in [2.45, 2.75) is 19.9 Å². The number of aryl methyl sites for hydroxylation is 1. The van der Waals surface area contributed by atoms with Crippen LogP contribution in [-0.4, -0.2) is 38.9 Å². The van der Waals surface area contributed by atoms with Gasteiger partial charge in [-0.2, -0.15) is 5.10 Å². The van der Waals surface area contributed by atoms with Crippen molar-refractivity contribution < 1.29 is 9.53 Å². The van der Waals surface area contributed by atoms with Crippen molar-refractivity contribution in [2.24, 2.45) is 0 Å². The monoisotopic (exact) mass is 388 g/mol. The third kappa shape index (κ3) is 3.07. The maximum absolute atomic E-state index is 12.7. The number of fused-ring (bicyclic) bond motifs is 1. The first-order valence-corrected chi connectivity index (χ1v) is 9.42. The van der Waals surface area contributed by atoms with Crippen LogP contribution in [0.15, 0.2) is 48.8 Å². The maximum Gasteiger partial charge on any atom is 0.258 e. The van der Waals surface area contributed by atoms with Crippen LogP contribution in [0, 0.1) is 6.92 Å². The quantitative estimate of drug-likeness (QED) is 0.668. The van der Waals surface area contributed by atoms with Crippen LogP contribution < -0.4 is 10.6 Å². The molecule has 0 radical (unpaired) electrons. The number of carbonyl (C=O) groups is 1. The molecule has 0 saturated carbocycles. The van der Waals surface area contributed by atoms with Crippen LogP contribution in [0.25, 0.3) is 16.8 Å². The lowest BCUT2D eigenvalue weighted by atomic mass is 10.0. The van der Waals surface area contributed by atoms with Gasteiger partial charge in [-0.3, -0.25) is 19.4 Å². The molecule has 3 aromatic heterocycles. The number of anilines is 2. The summed E-state index contributed by atoms with van der Waals surface area (Å²) in [7, 11) is 0. The lowest BCUT2D eigenvalue weighted by Gasteiger charge is -2.25. The van der Waals surface area contributed by atoms with Crippen molar-refractivity contribution in [3.05, 3.63) is 59.9 Å². The summed E-state index contributed by atoms with van der Waals surface area (Å²) in [4.78, 5) is 21.4. The highest BCUT2D eigenvalue weighted by molar-refractivity contribution is 6.32. The molecule has 1 saturated heterocycles. The molecule has 8 heteroatoms. The van der Waals surface area contributed by atoms with Crippen LogP contribution in [0.4, 0.5) is 11.4 Å². The zero-order valence-corrected chi connectivity index (χ0v) is 16.1. The minimum Gasteiger partial charge on any atom is -0.377 e. The Balaban J connectivity index is 1.49. The summed E-state index contributed by atoms with van der Waals surface area (Å²) >= 11 is 0. The summed E-state index contributed by atoms with van der Waals surface area (Å²) in [5, 5.41) is 10.6. The lowest BCUT2D eigenvalue weighted by molar-refractivity contribution is -0.110. The molecule has 0 atom stereocenters. The number of pyridine rings is 2. The van der Waals surface area contributed by atoms with E-state index in [4.69, 9.17) is 4.74 Å². The minimum absolute atomic E-state index is 0.147. The highest BCUT2D eigenvalue weighted by Gasteiger charge is 2.28. The Morgan fingerprint density at radius 2 is 2.14 bits per heavy atom. The van der Waals surface area contributed by atoms with Crippen LogP contribution in [0.2, 0.25) is 0 Å². The molecular formula is C21H20N6O2. The van der Waals surface area contributed by atoms with Crippen molar-refractivity contribution in [1.29, 1.82) is 0 Å². The van der Waals surface area contributed by atoms with Crippen molar-refractivity contribution in [3.63, 3.8) is 0 Å². The summed E-state index contributed by atoms with van der Waals surface area (Å²) in [6, 6.07) is 4.17. The van der Waals surface area contributed by atoms with E-state index in [1.807, 2.05) is 36.9 Å². The molecule has 1 amide bonds. The molecule has 0 aromatic carbocycles.